The van der Waals surface area contributed by atoms with Gasteiger partial charge in [-0.3, -0.25) is 0 Å². The van der Waals surface area contributed by atoms with Crippen molar-refractivity contribution < 1.29 is 0 Å². The molecule has 0 aliphatic carbocycles. The molecule has 0 saturated heterocycles. The molecule has 10 heteroatoms. The van der Waals surface area contributed by atoms with Crippen molar-refractivity contribution in [2.45, 2.75) is 25.8 Å². The van der Waals surface area contributed by atoms with Crippen LogP contribution in [0.2, 0.25) is 5.54 Å². The summed E-state index contributed by atoms with van der Waals surface area (Å²) in [5.41, 5.74) is 0.954. The fourth-order valence-corrected chi connectivity index (χ4v) is 164. The average molecular weight is 1030 g/mol. The summed E-state index contributed by atoms with van der Waals surface area (Å²) in [7, 11) is 0. The molecular weight excluding hydrogens is 1020 g/mol. The monoisotopic (exact) mass is 1030 g/mol. The lowest BCUT2D eigenvalue weighted by Gasteiger charge is -2.39. The Hall–Kier alpha value is 5.76. The van der Waals surface area contributed by atoms with Gasteiger partial charge in [-0.05, 0) is 5.54 Å². The molecule has 0 saturated carbocycles. The molecule has 0 fully saturated rings. The summed E-state index contributed by atoms with van der Waals surface area (Å²) in [6.45, 7) is 4.81. The van der Waals surface area contributed by atoms with Gasteiger partial charge in [0, 0.05) is 0 Å². The third-order valence-corrected chi connectivity index (χ3v) is 207. The van der Waals surface area contributed by atoms with Gasteiger partial charge in [-0.1, -0.05) is 85.7 Å². The molecule has 0 aromatic carbocycles. The van der Waals surface area contributed by atoms with E-state index in [4.69, 9.17) is 0 Å². The zero-order chi connectivity index (χ0) is 11.8. The summed E-state index contributed by atoms with van der Waals surface area (Å²) in [5.74, 6) is 0. The van der Waals surface area contributed by atoms with Crippen molar-refractivity contribution >= 4 is 157 Å². The van der Waals surface area contributed by atoms with Crippen molar-refractivity contribution in [1.29, 1.82) is 0 Å². The SMILES string of the molecule is CCC(C)[Si](I)(I)[Si](I)(I)[Si](I)(I)I. The van der Waals surface area contributed by atoms with Gasteiger partial charge >= 0.3 is 0 Å². The van der Waals surface area contributed by atoms with Crippen LogP contribution in [0.25, 0.3) is 0 Å². The van der Waals surface area contributed by atoms with E-state index in [-0.39, 0.29) is 0 Å². The Balaban J connectivity index is 5.07. The normalized spacial score (nSPS) is 16.9. The molecule has 0 aliphatic rings. The first-order valence-electron chi connectivity index (χ1n) is 3.80. The zero-order valence-corrected chi connectivity index (χ0v) is 25.5. The molecule has 0 amide bonds. The lowest BCUT2D eigenvalue weighted by molar-refractivity contribution is 0.874. The van der Waals surface area contributed by atoms with Crippen LogP contribution < -0.4 is 0 Å². The topological polar surface area (TPSA) is 0 Å². The Morgan fingerprint density at radius 1 is 0.929 bits per heavy atom. The highest BCUT2D eigenvalue weighted by molar-refractivity contribution is 14.4. The minimum absolute atomic E-state index is 0.954. The first-order chi connectivity index (χ1) is 5.98. The summed E-state index contributed by atoms with van der Waals surface area (Å²) in [6.07, 6.45) is 1.35. The van der Waals surface area contributed by atoms with E-state index in [0.717, 1.165) is 5.54 Å². The molecule has 0 heterocycles. The second kappa shape index (κ2) is 7.68. The van der Waals surface area contributed by atoms with Gasteiger partial charge in [-0.15, -0.1) is 87.2 Å². The van der Waals surface area contributed by atoms with Gasteiger partial charge < -0.3 is 0 Å². The Labute approximate surface area is 178 Å². The predicted molar refractivity (Wildman–Crippen MR) is 135 cm³/mol. The van der Waals surface area contributed by atoms with Crippen LogP contribution in [-0.4, -0.2) is 4.77 Å². The molecular formula is C4H9I7Si3. The van der Waals surface area contributed by atoms with Crippen LogP contribution in [0.4, 0.5) is 0 Å². The van der Waals surface area contributed by atoms with Gasteiger partial charge in [0.05, 0.1) is 0 Å². The molecule has 0 N–H and O–H groups in total. The van der Waals surface area contributed by atoms with E-state index in [0.29, 0.717) is 0 Å². The summed E-state index contributed by atoms with van der Waals surface area (Å²) in [4.78, 5) is 0. The van der Waals surface area contributed by atoms with Crippen LogP contribution in [-0.2, 0) is 0 Å². The van der Waals surface area contributed by atoms with Crippen LogP contribution in [0, 0.1) is 0 Å². The van der Waals surface area contributed by atoms with E-state index in [1.807, 2.05) is 0 Å². The summed E-state index contributed by atoms with van der Waals surface area (Å²) >= 11 is 19.8. The molecule has 0 bridgehead atoms. The first-order valence-corrected chi connectivity index (χ1v) is 33.7. The lowest BCUT2D eigenvalue weighted by atomic mass is 10.4. The molecule has 0 aromatic rings. The molecule has 0 aliphatic heterocycles. The fourth-order valence-electron chi connectivity index (χ4n) is 0.755. The Bertz CT molecular complexity index is 200. The van der Waals surface area contributed by atoms with Crippen molar-refractivity contribution in [2.24, 2.45) is 0 Å². The van der Waals surface area contributed by atoms with Gasteiger partial charge in [-0.2, -0.15) is 0 Å². The quantitative estimate of drug-likeness (QED) is 0.165. The third-order valence-electron chi connectivity index (χ3n) is 2.01. The minimum Gasteiger partial charge on any atom is -0.107 e. The number of hydrogen-bond donors (Lipinski definition) is 0. The third kappa shape index (κ3) is 4.95. The average Bonchev–Trinajstić information content (AvgIpc) is 2.00. The highest BCUT2D eigenvalue weighted by Gasteiger charge is 2.63. The maximum absolute atomic E-state index is 2.88. The maximum Gasteiger partial charge on any atom is 0.263 e. The van der Waals surface area contributed by atoms with Crippen LogP contribution in [0.5, 0.6) is 0 Å². The van der Waals surface area contributed by atoms with Gasteiger partial charge in [0.15, 0.2) is 0 Å². The van der Waals surface area contributed by atoms with E-state index in [1.165, 1.54) is 6.42 Å². The van der Waals surface area contributed by atoms with Crippen molar-refractivity contribution in [1.82, 2.24) is 0 Å². The number of hydrogen-bond acceptors (Lipinski definition) is 0. The van der Waals surface area contributed by atoms with Crippen LogP contribution in [0.3, 0.4) is 0 Å². The Morgan fingerprint density at radius 2 is 1.29 bits per heavy atom. The molecule has 0 aromatic heterocycles. The first kappa shape index (κ1) is 19.8. The number of halogens is 7. The summed E-state index contributed by atoms with van der Waals surface area (Å²) in [6, 6.07) is 0. The smallest absolute Gasteiger partial charge is 0.107 e. The number of rotatable bonds is 4. The van der Waals surface area contributed by atoms with Crippen molar-refractivity contribution in [3.05, 3.63) is 0 Å². The molecule has 0 spiro atoms. The van der Waals surface area contributed by atoms with E-state index in [1.54, 1.807) is 0 Å². The molecule has 0 nitrogen and oxygen atoms in total. The molecule has 0 radical (unpaired) electrons. The Kier molecular flexibility index (Phi) is 10.8. The summed E-state index contributed by atoms with van der Waals surface area (Å²) in [5, 5.41) is 0. The largest absolute Gasteiger partial charge is 0.263 e. The second-order valence-electron chi connectivity index (χ2n) is 3.00. The highest BCUT2D eigenvalue weighted by Crippen LogP contribution is 2.58. The molecule has 14 heavy (non-hydrogen) atoms. The Morgan fingerprint density at radius 3 is 1.50 bits per heavy atom. The van der Waals surface area contributed by atoms with Crippen molar-refractivity contribution in [3.63, 3.8) is 0 Å². The summed E-state index contributed by atoms with van der Waals surface area (Å²) < 4.78 is -3.17. The van der Waals surface area contributed by atoms with Gasteiger partial charge in [0.1, 0.15) is 0 Å². The van der Waals surface area contributed by atoms with E-state index < -0.39 is 4.77 Å². The minimum atomic E-state index is -1.08. The van der Waals surface area contributed by atoms with Gasteiger partial charge in [-0.25, -0.2) is 0 Å². The second-order valence-corrected chi connectivity index (χ2v) is 111. The maximum atomic E-state index is 2.88. The van der Waals surface area contributed by atoms with Crippen LogP contribution in [0.1, 0.15) is 20.3 Å². The van der Waals surface area contributed by atoms with Crippen LogP contribution >= 0.6 is 153 Å². The van der Waals surface area contributed by atoms with E-state index >= 15 is 0 Å². The lowest BCUT2D eigenvalue weighted by Crippen LogP contribution is -2.58. The molecule has 1 unspecified atom stereocenters. The molecule has 1 atom stereocenters. The van der Waals surface area contributed by atoms with Crippen molar-refractivity contribution in [2.75, 3.05) is 0 Å². The van der Waals surface area contributed by atoms with Gasteiger partial charge in [0.2, 0.25) is 4.69 Å². The standard InChI is InChI=1S/C4H9I7Si3/c1-3-4(2)12(5,6)14(10,11)13(7,8)9/h4H,3H2,1-2H3. The predicted octanol–water partition coefficient (Wildman–Crippen LogP) is 6.81. The van der Waals surface area contributed by atoms with Crippen LogP contribution in [0.15, 0.2) is 0 Å². The van der Waals surface area contributed by atoms with E-state index in [9.17, 15) is 0 Å². The van der Waals surface area contributed by atoms with Gasteiger partial charge in [0.25, 0.3) is 0.0813 Å². The fraction of sp³-hybridized carbons (Fsp3) is 1.00. The highest BCUT2D eigenvalue weighted by atomic mass is 127. The van der Waals surface area contributed by atoms with E-state index in [2.05, 4.69) is 166 Å². The molecule has 0 rings (SSSR count). The molecule has 86 valence electrons. The van der Waals surface area contributed by atoms with Crippen molar-refractivity contribution in [3.8, 4) is 0 Å². The zero-order valence-electron chi connectivity index (χ0n) is 7.43.